The number of ether oxygens (including phenoxy) is 1. The van der Waals surface area contributed by atoms with Crippen molar-refractivity contribution in [3.63, 3.8) is 0 Å². The van der Waals surface area contributed by atoms with Gasteiger partial charge in [-0.05, 0) is 24.3 Å². The highest BCUT2D eigenvalue weighted by Gasteiger charge is 2.38. The molecule has 3 heterocycles. The molecule has 0 aromatic carbocycles. The standard InChI is InChI=1S/C19H28N6O2S2/c20-25-17(15-5-4-12-28-15)22-23-18(25)29-13-16(26)21-14-19(6-2-1-3-7-19)24-8-10-27-11-9-24/h4-5,12H,1-3,6-11,13-14,20H2,(H,21,26). The van der Waals surface area contributed by atoms with E-state index in [2.05, 4.69) is 20.4 Å². The minimum Gasteiger partial charge on any atom is -0.379 e. The van der Waals surface area contributed by atoms with Crippen molar-refractivity contribution in [2.45, 2.75) is 42.8 Å². The van der Waals surface area contributed by atoms with E-state index in [0.29, 0.717) is 17.5 Å². The van der Waals surface area contributed by atoms with Crippen LogP contribution in [0.25, 0.3) is 10.7 Å². The van der Waals surface area contributed by atoms with Crippen LogP contribution in [0.3, 0.4) is 0 Å². The molecule has 29 heavy (non-hydrogen) atoms. The molecule has 1 saturated carbocycles. The molecule has 1 saturated heterocycles. The van der Waals surface area contributed by atoms with E-state index in [1.807, 2.05) is 17.5 Å². The Morgan fingerprint density at radius 1 is 1.28 bits per heavy atom. The molecule has 2 fully saturated rings. The zero-order chi connectivity index (χ0) is 20.1. The molecule has 0 bridgehead atoms. The average Bonchev–Trinajstić information content (AvgIpc) is 3.42. The third-order valence-corrected chi connectivity index (χ3v) is 7.63. The minimum absolute atomic E-state index is 0.00822. The van der Waals surface area contributed by atoms with Crippen LogP contribution in [0.4, 0.5) is 0 Å². The van der Waals surface area contributed by atoms with E-state index < -0.39 is 0 Å². The fraction of sp³-hybridized carbons (Fsp3) is 0.632. The van der Waals surface area contributed by atoms with Crippen LogP contribution in [0.2, 0.25) is 0 Å². The first-order valence-electron chi connectivity index (χ1n) is 10.1. The summed E-state index contributed by atoms with van der Waals surface area (Å²) in [5.74, 6) is 7.02. The number of nitrogens with zero attached hydrogens (tertiary/aromatic N) is 4. The minimum atomic E-state index is 0.00822. The van der Waals surface area contributed by atoms with Gasteiger partial charge in [0.15, 0.2) is 5.82 Å². The lowest BCUT2D eigenvalue weighted by Crippen LogP contribution is -2.59. The van der Waals surface area contributed by atoms with Gasteiger partial charge in [0.05, 0.1) is 23.8 Å². The molecule has 2 aliphatic rings. The van der Waals surface area contributed by atoms with Crippen LogP contribution in [0.15, 0.2) is 22.7 Å². The number of morpholine rings is 1. The van der Waals surface area contributed by atoms with Gasteiger partial charge in [0.2, 0.25) is 11.1 Å². The Morgan fingerprint density at radius 3 is 2.79 bits per heavy atom. The highest BCUT2D eigenvalue weighted by molar-refractivity contribution is 7.99. The number of amides is 1. The summed E-state index contributed by atoms with van der Waals surface area (Å²) in [5, 5.41) is 14.0. The van der Waals surface area contributed by atoms with E-state index in [1.54, 1.807) is 11.3 Å². The van der Waals surface area contributed by atoms with Crippen molar-refractivity contribution >= 4 is 29.0 Å². The maximum absolute atomic E-state index is 12.6. The summed E-state index contributed by atoms with van der Waals surface area (Å²) < 4.78 is 6.99. The first kappa shape index (κ1) is 20.6. The zero-order valence-electron chi connectivity index (χ0n) is 16.5. The molecule has 0 radical (unpaired) electrons. The van der Waals surface area contributed by atoms with E-state index in [-0.39, 0.29) is 17.2 Å². The van der Waals surface area contributed by atoms with Crippen LogP contribution >= 0.6 is 23.1 Å². The predicted molar refractivity (Wildman–Crippen MR) is 115 cm³/mol. The second kappa shape index (κ2) is 9.46. The molecule has 0 unspecified atom stereocenters. The monoisotopic (exact) mass is 436 g/mol. The molecule has 1 amide bonds. The molecule has 0 spiro atoms. The number of nitrogens with one attached hydrogen (secondary N) is 1. The molecule has 3 N–H and O–H groups in total. The summed E-state index contributed by atoms with van der Waals surface area (Å²) in [6, 6.07) is 3.90. The third-order valence-electron chi connectivity index (χ3n) is 5.82. The SMILES string of the molecule is Nn1c(SCC(=O)NCC2(N3CCOCC3)CCCCC2)nnc1-c1cccs1. The number of nitrogens with two attached hydrogens (primary N) is 1. The van der Waals surface area contributed by atoms with Gasteiger partial charge in [0.25, 0.3) is 0 Å². The number of hydrogen-bond donors (Lipinski definition) is 2. The molecule has 158 valence electrons. The number of hydrogen-bond acceptors (Lipinski definition) is 8. The Morgan fingerprint density at radius 2 is 2.07 bits per heavy atom. The lowest BCUT2D eigenvalue weighted by molar-refractivity contribution is -0.119. The molecule has 8 nitrogen and oxygen atoms in total. The Hall–Kier alpha value is -1.62. The van der Waals surface area contributed by atoms with Crippen molar-refractivity contribution < 1.29 is 9.53 Å². The van der Waals surface area contributed by atoms with Gasteiger partial charge in [-0.2, -0.15) is 0 Å². The summed E-state index contributed by atoms with van der Waals surface area (Å²) >= 11 is 2.88. The number of thiophene rings is 1. The largest absolute Gasteiger partial charge is 0.379 e. The van der Waals surface area contributed by atoms with Crippen LogP contribution in [0, 0.1) is 0 Å². The van der Waals surface area contributed by atoms with Gasteiger partial charge >= 0.3 is 0 Å². The summed E-state index contributed by atoms with van der Waals surface area (Å²) in [4.78, 5) is 16.1. The van der Waals surface area contributed by atoms with Crippen molar-refractivity contribution in [1.29, 1.82) is 0 Å². The lowest BCUT2D eigenvalue weighted by Gasteiger charge is -2.48. The van der Waals surface area contributed by atoms with Gasteiger partial charge in [0, 0.05) is 25.2 Å². The maximum Gasteiger partial charge on any atom is 0.230 e. The Kier molecular flexibility index (Phi) is 6.74. The smallest absolute Gasteiger partial charge is 0.230 e. The topological polar surface area (TPSA) is 98.3 Å². The van der Waals surface area contributed by atoms with Gasteiger partial charge in [-0.3, -0.25) is 9.69 Å². The first-order chi connectivity index (χ1) is 14.2. The fourth-order valence-electron chi connectivity index (χ4n) is 4.25. The Bertz CT molecular complexity index is 798. The Balaban J connectivity index is 1.32. The number of carbonyl (C=O) groups is 1. The van der Waals surface area contributed by atoms with Crippen molar-refractivity contribution in [1.82, 2.24) is 25.1 Å². The number of nitrogen functional groups attached to an aromatic ring is 1. The van der Waals surface area contributed by atoms with Crippen LogP contribution in [0.5, 0.6) is 0 Å². The summed E-state index contributed by atoms with van der Waals surface area (Å²) in [7, 11) is 0. The van der Waals surface area contributed by atoms with Crippen molar-refractivity contribution in [3.05, 3.63) is 17.5 Å². The molecular formula is C19H28N6O2S2. The maximum atomic E-state index is 12.6. The van der Waals surface area contributed by atoms with Crippen molar-refractivity contribution in [2.24, 2.45) is 0 Å². The molecule has 4 rings (SSSR count). The van der Waals surface area contributed by atoms with Crippen molar-refractivity contribution in [3.8, 4) is 10.7 Å². The van der Waals surface area contributed by atoms with Gasteiger partial charge in [-0.1, -0.05) is 37.1 Å². The fourth-order valence-corrected chi connectivity index (χ4v) is 5.64. The Labute approximate surface area is 179 Å². The average molecular weight is 437 g/mol. The quantitative estimate of drug-likeness (QED) is 0.506. The molecule has 2 aromatic rings. The molecule has 10 heteroatoms. The third kappa shape index (κ3) is 4.76. The van der Waals surface area contributed by atoms with Gasteiger partial charge in [-0.25, -0.2) is 4.68 Å². The van der Waals surface area contributed by atoms with Gasteiger partial charge in [-0.15, -0.1) is 21.5 Å². The second-order valence-corrected chi connectivity index (χ2v) is 9.49. The highest BCUT2D eigenvalue weighted by atomic mass is 32.2. The summed E-state index contributed by atoms with van der Waals surface area (Å²) in [5.41, 5.74) is 0.0720. The van der Waals surface area contributed by atoms with E-state index in [4.69, 9.17) is 10.6 Å². The molecular weight excluding hydrogens is 408 g/mol. The van der Waals surface area contributed by atoms with E-state index in [0.717, 1.165) is 44.0 Å². The normalized spacial score (nSPS) is 19.9. The predicted octanol–water partition coefficient (Wildman–Crippen LogP) is 1.96. The highest BCUT2D eigenvalue weighted by Crippen LogP contribution is 2.34. The zero-order valence-corrected chi connectivity index (χ0v) is 18.1. The van der Waals surface area contributed by atoms with E-state index >= 15 is 0 Å². The molecule has 1 aliphatic carbocycles. The molecule has 1 aliphatic heterocycles. The van der Waals surface area contributed by atoms with Crippen LogP contribution < -0.4 is 11.2 Å². The number of thioether (sulfide) groups is 1. The van der Waals surface area contributed by atoms with Crippen molar-refractivity contribution in [2.75, 3.05) is 44.4 Å². The van der Waals surface area contributed by atoms with E-state index in [1.165, 1.54) is 35.7 Å². The number of carbonyl (C=O) groups excluding carboxylic acids is 1. The number of rotatable bonds is 7. The van der Waals surface area contributed by atoms with Crippen LogP contribution in [-0.4, -0.2) is 69.8 Å². The van der Waals surface area contributed by atoms with Crippen LogP contribution in [0.1, 0.15) is 32.1 Å². The molecule has 2 aromatic heterocycles. The van der Waals surface area contributed by atoms with Gasteiger partial charge < -0.3 is 15.9 Å². The van der Waals surface area contributed by atoms with E-state index in [9.17, 15) is 4.79 Å². The van der Waals surface area contributed by atoms with Gasteiger partial charge in [0.1, 0.15) is 0 Å². The molecule has 0 atom stereocenters. The lowest BCUT2D eigenvalue weighted by atomic mass is 9.79. The first-order valence-corrected chi connectivity index (χ1v) is 12.0. The summed E-state index contributed by atoms with van der Waals surface area (Å²) in [6.07, 6.45) is 6.02. The summed E-state index contributed by atoms with van der Waals surface area (Å²) in [6.45, 7) is 4.16. The number of aromatic nitrogens is 3. The van der Waals surface area contributed by atoms with Crippen LogP contribution in [-0.2, 0) is 9.53 Å². The second-order valence-electron chi connectivity index (χ2n) is 7.60.